The monoisotopic (exact) mass is 423 g/mol. The van der Waals surface area contributed by atoms with Crippen molar-refractivity contribution in [1.29, 1.82) is 0 Å². The summed E-state index contributed by atoms with van der Waals surface area (Å²) in [4.78, 5) is 25.6. The molecular weight excluding hydrogens is 406 g/mol. The molecule has 8 nitrogen and oxygen atoms in total. The van der Waals surface area contributed by atoms with Gasteiger partial charge in [0, 0.05) is 31.4 Å². The number of rotatable bonds is 2. The third-order valence-electron chi connectivity index (χ3n) is 5.00. The fraction of sp³-hybridized carbons (Fsp3) is 0.333. The molecule has 0 radical (unpaired) electrons. The summed E-state index contributed by atoms with van der Waals surface area (Å²) in [6.45, 7) is 3.65. The number of aromatic nitrogens is 3. The molecule has 4 heterocycles. The normalized spacial score (nSPS) is 19.1. The van der Waals surface area contributed by atoms with Crippen LogP contribution in [0.2, 0.25) is 0 Å². The largest absolute Gasteiger partial charge is 0.436 e. The molecule has 1 amide bonds. The molecule has 1 atom stereocenters. The van der Waals surface area contributed by atoms with Gasteiger partial charge < -0.3 is 10.3 Å². The van der Waals surface area contributed by atoms with E-state index in [2.05, 4.69) is 25.9 Å². The number of hydrogen-bond donors (Lipinski definition) is 2. The highest BCUT2D eigenvalue weighted by atomic mass is 19.4. The quantitative estimate of drug-likeness (QED) is 0.717. The SMILES string of the molecule is Cc1nccc(N2NNC3=C2CCN(C(=O)c2ccnc(C(F)(F)F)c2F)C3C)n1. The number of pyridine rings is 1. The maximum atomic E-state index is 14.4. The molecule has 2 aliphatic heterocycles. The Morgan fingerprint density at radius 2 is 1.97 bits per heavy atom. The molecule has 158 valence electrons. The zero-order chi connectivity index (χ0) is 21.6. The van der Waals surface area contributed by atoms with Crippen LogP contribution in [0.1, 0.15) is 35.2 Å². The van der Waals surface area contributed by atoms with Crippen molar-refractivity contribution in [3.8, 4) is 0 Å². The van der Waals surface area contributed by atoms with E-state index in [4.69, 9.17) is 0 Å². The molecule has 0 aromatic carbocycles. The number of hydrogen-bond acceptors (Lipinski definition) is 7. The number of carbonyl (C=O) groups excluding carboxylic acids is 1. The lowest BCUT2D eigenvalue weighted by atomic mass is 10.0. The highest BCUT2D eigenvalue weighted by Gasteiger charge is 2.41. The van der Waals surface area contributed by atoms with Crippen LogP contribution in [0.5, 0.6) is 0 Å². The Kier molecular flexibility index (Phi) is 4.80. The molecule has 2 aliphatic rings. The second-order valence-electron chi connectivity index (χ2n) is 6.84. The predicted molar refractivity (Wildman–Crippen MR) is 96.9 cm³/mol. The van der Waals surface area contributed by atoms with Crippen LogP contribution in [0, 0.1) is 12.7 Å². The molecule has 0 saturated carbocycles. The molecule has 0 saturated heterocycles. The van der Waals surface area contributed by atoms with Gasteiger partial charge in [0.25, 0.3) is 5.91 Å². The van der Waals surface area contributed by atoms with Crippen LogP contribution in [0.4, 0.5) is 23.4 Å². The molecule has 2 aromatic rings. The number of nitrogens with one attached hydrogen (secondary N) is 2. The summed E-state index contributed by atoms with van der Waals surface area (Å²) in [5.41, 5.74) is 5.05. The Balaban J connectivity index is 1.62. The van der Waals surface area contributed by atoms with Gasteiger partial charge in [-0.05, 0) is 19.9 Å². The summed E-state index contributed by atoms with van der Waals surface area (Å²) in [5, 5.41) is 1.72. The van der Waals surface area contributed by atoms with Gasteiger partial charge in [-0.2, -0.15) is 13.2 Å². The summed E-state index contributed by atoms with van der Waals surface area (Å²) in [7, 11) is 0. The number of amides is 1. The summed E-state index contributed by atoms with van der Waals surface area (Å²) in [6, 6.07) is 2.13. The zero-order valence-electron chi connectivity index (χ0n) is 16.0. The van der Waals surface area contributed by atoms with Gasteiger partial charge in [0.1, 0.15) is 5.82 Å². The topological polar surface area (TPSA) is 86.3 Å². The van der Waals surface area contributed by atoms with E-state index in [1.165, 1.54) is 4.90 Å². The Bertz CT molecular complexity index is 1040. The second-order valence-corrected chi connectivity index (χ2v) is 6.84. The summed E-state index contributed by atoms with van der Waals surface area (Å²) in [6.07, 6.45) is -2.21. The fourth-order valence-electron chi connectivity index (χ4n) is 3.55. The predicted octanol–water partition coefficient (Wildman–Crippen LogP) is 2.31. The van der Waals surface area contributed by atoms with Crippen LogP contribution >= 0.6 is 0 Å². The molecule has 2 aromatic heterocycles. The lowest BCUT2D eigenvalue weighted by Gasteiger charge is -2.34. The highest BCUT2D eigenvalue weighted by Crippen LogP contribution is 2.33. The first-order valence-corrected chi connectivity index (χ1v) is 9.05. The zero-order valence-corrected chi connectivity index (χ0v) is 16.0. The van der Waals surface area contributed by atoms with Crippen LogP contribution in [0.3, 0.4) is 0 Å². The van der Waals surface area contributed by atoms with Gasteiger partial charge in [-0.1, -0.05) is 0 Å². The molecule has 0 bridgehead atoms. The molecular formula is C18H17F4N7O. The van der Waals surface area contributed by atoms with Crippen molar-refractivity contribution >= 4 is 11.7 Å². The van der Waals surface area contributed by atoms with Gasteiger partial charge in [-0.25, -0.2) is 24.4 Å². The molecule has 0 spiro atoms. The van der Waals surface area contributed by atoms with Crippen LogP contribution in [-0.2, 0) is 6.18 Å². The third kappa shape index (κ3) is 3.32. The molecule has 0 fully saturated rings. The first-order chi connectivity index (χ1) is 14.2. The second kappa shape index (κ2) is 7.20. The summed E-state index contributed by atoms with van der Waals surface area (Å²) >= 11 is 0. The van der Waals surface area contributed by atoms with Crippen molar-refractivity contribution in [2.75, 3.05) is 11.6 Å². The number of carbonyl (C=O) groups is 1. The summed E-state index contributed by atoms with van der Waals surface area (Å²) < 4.78 is 53.3. The van der Waals surface area contributed by atoms with E-state index in [-0.39, 0.29) is 6.54 Å². The number of anilines is 1. The Morgan fingerprint density at radius 1 is 1.23 bits per heavy atom. The third-order valence-corrected chi connectivity index (χ3v) is 5.00. The van der Waals surface area contributed by atoms with E-state index >= 15 is 0 Å². The minimum atomic E-state index is -4.99. The van der Waals surface area contributed by atoms with E-state index in [1.807, 2.05) is 0 Å². The number of alkyl halides is 3. The van der Waals surface area contributed by atoms with Crippen molar-refractivity contribution in [1.82, 2.24) is 30.8 Å². The maximum Gasteiger partial charge on any atom is 0.436 e. The van der Waals surface area contributed by atoms with E-state index in [0.29, 0.717) is 23.8 Å². The minimum Gasteiger partial charge on any atom is -0.330 e. The van der Waals surface area contributed by atoms with Crippen LogP contribution in [0.25, 0.3) is 0 Å². The Labute approximate surface area is 168 Å². The van der Waals surface area contributed by atoms with Crippen LogP contribution in [0.15, 0.2) is 35.9 Å². The van der Waals surface area contributed by atoms with Crippen molar-refractivity contribution in [3.05, 3.63) is 58.8 Å². The highest BCUT2D eigenvalue weighted by molar-refractivity contribution is 5.95. The van der Waals surface area contributed by atoms with E-state index < -0.39 is 35.2 Å². The summed E-state index contributed by atoms with van der Waals surface area (Å²) in [5.74, 6) is -1.32. The first-order valence-electron chi connectivity index (χ1n) is 9.05. The van der Waals surface area contributed by atoms with Crippen molar-refractivity contribution < 1.29 is 22.4 Å². The van der Waals surface area contributed by atoms with Gasteiger partial charge in [-0.3, -0.25) is 4.79 Å². The molecule has 0 aliphatic carbocycles. The van der Waals surface area contributed by atoms with Crippen molar-refractivity contribution in [2.45, 2.75) is 32.5 Å². The number of aryl methyl sites for hydroxylation is 1. The van der Waals surface area contributed by atoms with Gasteiger partial charge in [0.05, 0.1) is 23.0 Å². The number of hydrazine groups is 2. The number of halogens is 4. The van der Waals surface area contributed by atoms with E-state index in [1.54, 1.807) is 31.1 Å². The van der Waals surface area contributed by atoms with Gasteiger partial charge in [-0.15, -0.1) is 5.53 Å². The van der Waals surface area contributed by atoms with E-state index in [0.717, 1.165) is 18.0 Å². The first kappa shape index (κ1) is 20.0. The van der Waals surface area contributed by atoms with Crippen LogP contribution < -0.4 is 16.0 Å². The molecule has 4 rings (SSSR count). The maximum absolute atomic E-state index is 14.4. The van der Waals surface area contributed by atoms with Crippen molar-refractivity contribution in [3.63, 3.8) is 0 Å². The smallest absolute Gasteiger partial charge is 0.330 e. The standard InChI is InChI=1S/C18H17F4N7O/c1-9-15-12(29(27-26-15)13-4-7-23-10(2)25-13)5-8-28(9)17(30)11-3-6-24-16(14(11)19)18(20,21)22/h3-4,6-7,9,26-27H,5,8H2,1-2H3. The number of nitrogens with zero attached hydrogens (tertiary/aromatic N) is 5. The molecule has 12 heteroatoms. The van der Waals surface area contributed by atoms with Gasteiger partial charge in [0.15, 0.2) is 17.3 Å². The van der Waals surface area contributed by atoms with E-state index in [9.17, 15) is 22.4 Å². The Hall–Kier alpha value is -3.28. The molecule has 1 unspecified atom stereocenters. The minimum absolute atomic E-state index is 0.186. The molecule has 30 heavy (non-hydrogen) atoms. The average Bonchev–Trinajstić information content (AvgIpc) is 3.12. The Morgan fingerprint density at radius 3 is 2.67 bits per heavy atom. The van der Waals surface area contributed by atoms with Crippen LogP contribution in [-0.4, -0.2) is 38.3 Å². The molecule has 2 N–H and O–H groups in total. The fourth-order valence-corrected chi connectivity index (χ4v) is 3.55. The average molecular weight is 423 g/mol. The van der Waals surface area contributed by atoms with Gasteiger partial charge in [0.2, 0.25) is 0 Å². The van der Waals surface area contributed by atoms with Gasteiger partial charge >= 0.3 is 6.18 Å². The lowest BCUT2D eigenvalue weighted by Crippen LogP contribution is -2.46. The lowest BCUT2D eigenvalue weighted by molar-refractivity contribution is -0.143. The van der Waals surface area contributed by atoms with Crippen molar-refractivity contribution in [2.24, 2.45) is 0 Å².